The van der Waals surface area contributed by atoms with E-state index in [1.54, 1.807) is 6.92 Å². The summed E-state index contributed by atoms with van der Waals surface area (Å²) in [5.41, 5.74) is 3.51. The van der Waals surface area contributed by atoms with Crippen molar-refractivity contribution in [2.75, 3.05) is 19.0 Å². The lowest BCUT2D eigenvalue weighted by molar-refractivity contribution is 0.463. The van der Waals surface area contributed by atoms with Gasteiger partial charge in [0.25, 0.3) is 5.56 Å². The molecular formula is C16H20N2O2. The molecule has 4 nitrogen and oxygen atoms in total. The third-order valence-corrected chi connectivity index (χ3v) is 3.53. The Morgan fingerprint density at radius 2 is 1.90 bits per heavy atom. The number of anilines is 1. The largest absolute Gasteiger partial charge is 0.507 e. The summed E-state index contributed by atoms with van der Waals surface area (Å²) >= 11 is 0. The normalized spacial score (nSPS) is 10.6. The highest BCUT2D eigenvalue weighted by molar-refractivity contribution is 5.79. The number of pyridine rings is 1. The standard InChI is InChI=1S/C16H20N2O2/c1-5-11-14(17-16(20)10(2)15(11)19)12-8-6-7-9-13(12)18(3)4/h6-9H,5H2,1-4H3,(H2,17,19,20). The molecule has 0 aliphatic heterocycles. The third-order valence-electron chi connectivity index (χ3n) is 3.53. The summed E-state index contributed by atoms with van der Waals surface area (Å²) in [6.45, 7) is 3.60. The zero-order chi connectivity index (χ0) is 14.9. The Hall–Kier alpha value is -2.23. The predicted octanol–water partition coefficient (Wildman–Crippen LogP) is 2.68. The number of H-pyrrole nitrogens is 1. The van der Waals surface area contributed by atoms with Crippen molar-refractivity contribution in [3.63, 3.8) is 0 Å². The highest BCUT2D eigenvalue weighted by atomic mass is 16.3. The molecule has 2 aromatic rings. The van der Waals surface area contributed by atoms with Gasteiger partial charge in [0.05, 0.1) is 11.3 Å². The monoisotopic (exact) mass is 272 g/mol. The quantitative estimate of drug-likeness (QED) is 0.903. The van der Waals surface area contributed by atoms with E-state index >= 15 is 0 Å². The van der Waals surface area contributed by atoms with Gasteiger partial charge in [0.1, 0.15) is 5.75 Å². The van der Waals surface area contributed by atoms with E-state index in [9.17, 15) is 9.90 Å². The molecule has 0 fully saturated rings. The van der Waals surface area contributed by atoms with Crippen LogP contribution in [-0.2, 0) is 6.42 Å². The van der Waals surface area contributed by atoms with Crippen LogP contribution in [-0.4, -0.2) is 24.2 Å². The molecule has 0 saturated carbocycles. The van der Waals surface area contributed by atoms with Gasteiger partial charge in [-0.2, -0.15) is 0 Å². The van der Waals surface area contributed by atoms with Crippen LogP contribution in [0.3, 0.4) is 0 Å². The van der Waals surface area contributed by atoms with Crippen LogP contribution in [0.25, 0.3) is 11.3 Å². The van der Waals surface area contributed by atoms with Crippen LogP contribution in [0.15, 0.2) is 29.1 Å². The first-order valence-corrected chi connectivity index (χ1v) is 6.68. The molecule has 0 aliphatic rings. The molecule has 0 radical (unpaired) electrons. The summed E-state index contributed by atoms with van der Waals surface area (Å²) in [7, 11) is 3.91. The number of hydrogen-bond acceptors (Lipinski definition) is 3. The number of aromatic hydroxyl groups is 1. The van der Waals surface area contributed by atoms with Crippen LogP contribution in [0.1, 0.15) is 18.1 Å². The Labute approximate surface area is 118 Å². The fourth-order valence-electron chi connectivity index (χ4n) is 2.38. The molecular weight excluding hydrogens is 252 g/mol. The lowest BCUT2D eigenvalue weighted by Crippen LogP contribution is -2.15. The minimum Gasteiger partial charge on any atom is -0.507 e. The molecule has 0 saturated heterocycles. The molecule has 0 amide bonds. The van der Waals surface area contributed by atoms with Crippen molar-refractivity contribution in [1.82, 2.24) is 4.98 Å². The number of nitrogens with zero attached hydrogens (tertiary/aromatic N) is 1. The van der Waals surface area contributed by atoms with Gasteiger partial charge in [-0.15, -0.1) is 0 Å². The van der Waals surface area contributed by atoms with Gasteiger partial charge in [-0.1, -0.05) is 25.1 Å². The molecule has 0 bridgehead atoms. The van der Waals surface area contributed by atoms with Crippen molar-refractivity contribution >= 4 is 5.69 Å². The van der Waals surface area contributed by atoms with E-state index < -0.39 is 0 Å². The molecule has 20 heavy (non-hydrogen) atoms. The molecule has 2 N–H and O–H groups in total. The van der Waals surface area contributed by atoms with Crippen LogP contribution in [0.2, 0.25) is 0 Å². The van der Waals surface area contributed by atoms with E-state index in [1.807, 2.05) is 50.2 Å². The first-order valence-electron chi connectivity index (χ1n) is 6.68. The lowest BCUT2D eigenvalue weighted by atomic mass is 9.99. The van der Waals surface area contributed by atoms with Crippen LogP contribution < -0.4 is 10.5 Å². The lowest BCUT2D eigenvalue weighted by Gasteiger charge is -2.19. The number of rotatable bonds is 3. The Morgan fingerprint density at radius 1 is 1.25 bits per heavy atom. The summed E-state index contributed by atoms with van der Waals surface area (Å²) in [6.07, 6.45) is 0.653. The van der Waals surface area contributed by atoms with E-state index in [0.717, 1.165) is 16.8 Å². The summed E-state index contributed by atoms with van der Waals surface area (Å²) in [6, 6.07) is 7.83. The Kier molecular flexibility index (Phi) is 3.84. The van der Waals surface area contributed by atoms with Gasteiger partial charge < -0.3 is 15.0 Å². The van der Waals surface area contributed by atoms with Gasteiger partial charge in [-0.25, -0.2) is 0 Å². The summed E-state index contributed by atoms with van der Waals surface area (Å²) < 4.78 is 0. The molecule has 0 atom stereocenters. The highest BCUT2D eigenvalue weighted by Crippen LogP contribution is 2.34. The second-order valence-corrected chi connectivity index (χ2v) is 5.05. The highest BCUT2D eigenvalue weighted by Gasteiger charge is 2.16. The molecule has 0 unspecified atom stereocenters. The molecule has 0 spiro atoms. The van der Waals surface area contributed by atoms with Crippen molar-refractivity contribution < 1.29 is 5.11 Å². The fraction of sp³-hybridized carbons (Fsp3) is 0.312. The Balaban J connectivity index is 2.80. The van der Waals surface area contributed by atoms with Gasteiger partial charge in [-0.05, 0) is 19.4 Å². The predicted molar refractivity (Wildman–Crippen MR) is 82.6 cm³/mol. The number of para-hydroxylation sites is 1. The molecule has 1 aromatic heterocycles. The zero-order valence-corrected chi connectivity index (χ0v) is 12.3. The summed E-state index contributed by atoms with van der Waals surface area (Å²) in [4.78, 5) is 16.8. The average molecular weight is 272 g/mol. The minimum atomic E-state index is -0.247. The number of aromatic amines is 1. The van der Waals surface area contributed by atoms with Crippen LogP contribution in [0.4, 0.5) is 5.69 Å². The second kappa shape index (κ2) is 5.41. The first-order chi connectivity index (χ1) is 9.47. The molecule has 106 valence electrons. The van der Waals surface area contributed by atoms with Crippen LogP contribution in [0, 0.1) is 6.92 Å². The van der Waals surface area contributed by atoms with E-state index in [-0.39, 0.29) is 11.3 Å². The topological polar surface area (TPSA) is 56.3 Å². The van der Waals surface area contributed by atoms with Crippen LogP contribution >= 0.6 is 0 Å². The third kappa shape index (κ3) is 2.29. The Bertz CT molecular complexity index is 687. The second-order valence-electron chi connectivity index (χ2n) is 5.05. The maximum atomic E-state index is 12.0. The maximum absolute atomic E-state index is 12.0. The molecule has 0 aliphatic carbocycles. The SMILES string of the molecule is CCc1c(-c2ccccc2N(C)C)[nH]c(=O)c(C)c1O. The van der Waals surface area contributed by atoms with Gasteiger partial charge >= 0.3 is 0 Å². The molecule has 2 rings (SSSR count). The van der Waals surface area contributed by atoms with E-state index in [0.29, 0.717) is 17.7 Å². The molecule has 1 heterocycles. The van der Waals surface area contributed by atoms with E-state index in [2.05, 4.69) is 4.98 Å². The van der Waals surface area contributed by atoms with Gasteiger partial charge in [0.2, 0.25) is 0 Å². The summed E-state index contributed by atoms with van der Waals surface area (Å²) in [5.74, 6) is 0.0970. The number of nitrogens with one attached hydrogen (secondary N) is 1. The van der Waals surface area contributed by atoms with Gasteiger partial charge in [0.15, 0.2) is 0 Å². The molecule has 1 aromatic carbocycles. The van der Waals surface area contributed by atoms with Crippen molar-refractivity contribution in [3.05, 3.63) is 45.7 Å². The Morgan fingerprint density at radius 3 is 2.50 bits per heavy atom. The number of hydrogen-bond donors (Lipinski definition) is 2. The van der Waals surface area contributed by atoms with Crippen molar-refractivity contribution in [2.24, 2.45) is 0 Å². The van der Waals surface area contributed by atoms with Gasteiger partial charge in [-0.3, -0.25) is 4.79 Å². The minimum absolute atomic E-state index is 0.0970. The summed E-state index contributed by atoms with van der Waals surface area (Å²) in [5, 5.41) is 10.2. The van der Waals surface area contributed by atoms with E-state index in [4.69, 9.17) is 0 Å². The molecule has 4 heteroatoms. The van der Waals surface area contributed by atoms with Crippen molar-refractivity contribution in [3.8, 4) is 17.0 Å². The van der Waals surface area contributed by atoms with Gasteiger partial charge in [0, 0.05) is 30.9 Å². The van der Waals surface area contributed by atoms with Crippen molar-refractivity contribution in [1.29, 1.82) is 0 Å². The number of benzene rings is 1. The average Bonchev–Trinajstić information content (AvgIpc) is 2.44. The van der Waals surface area contributed by atoms with E-state index in [1.165, 1.54) is 0 Å². The zero-order valence-electron chi connectivity index (χ0n) is 12.3. The van der Waals surface area contributed by atoms with Crippen LogP contribution in [0.5, 0.6) is 5.75 Å². The number of aromatic nitrogens is 1. The first kappa shape index (κ1) is 14.2. The maximum Gasteiger partial charge on any atom is 0.255 e. The van der Waals surface area contributed by atoms with Crippen molar-refractivity contribution in [2.45, 2.75) is 20.3 Å². The smallest absolute Gasteiger partial charge is 0.255 e. The fourth-order valence-corrected chi connectivity index (χ4v) is 2.38.